The van der Waals surface area contributed by atoms with Crippen LogP contribution in [0, 0.1) is 11.7 Å². The highest BCUT2D eigenvalue weighted by atomic mass is 127. The average Bonchev–Trinajstić information content (AvgIpc) is 2.47. The summed E-state index contributed by atoms with van der Waals surface area (Å²) < 4.78 is 12.8. The predicted molar refractivity (Wildman–Crippen MR) is 96.9 cm³/mol. The number of rotatable bonds is 3. The number of nitrogens with zero attached hydrogens (tertiary/aromatic N) is 2. The van der Waals surface area contributed by atoms with Crippen LogP contribution in [0.5, 0.6) is 0 Å². The van der Waals surface area contributed by atoms with Gasteiger partial charge in [-0.05, 0) is 42.9 Å². The zero-order valence-corrected chi connectivity index (χ0v) is 15.1. The maximum atomic E-state index is 12.8. The van der Waals surface area contributed by atoms with Crippen molar-refractivity contribution in [3.8, 4) is 0 Å². The van der Waals surface area contributed by atoms with Crippen LogP contribution in [0.2, 0.25) is 0 Å². The van der Waals surface area contributed by atoms with Crippen LogP contribution >= 0.6 is 24.0 Å². The molecular formula is C16H25FIN3. The number of likely N-dealkylation sites (tertiary alicyclic amines) is 1. The average molecular weight is 405 g/mol. The molecule has 5 heteroatoms. The van der Waals surface area contributed by atoms with E-state index in [1.54, 1.807) is 0 Å². The summed E-state index contributed by atoms with van der Waals surface area (Å²) in [6.07, 6.45) is 3.35. The third kappa shape index (κ3) is 5.80. The normalized spacial score (nSPS) is 16.5. The molecule has 1 fully saturated rings. The van der Waals surface area contributed by atoms with Crippen molar-refractivity contribution in [2.24, 2.45) is 10.9 Å². The quantitative estimate of drug-likeness (QED) is 0.475. The van der Waals surface area contributed by atoms with Crippen LogP contribution in [0.15, 0.2) is 29.3 Å². The van der Waals surface area contributed by atoms with Gasteiger partial charge in [0.15, 0.2) is 5.96 Å². The molecular weight excluding hydrogens is 380 g/mol. The summed E-state index contributed by atoms with van der Waals surface area (Å²) in [5.74, 6) is 1.63. The first-order valence-electron chi connectivity index (χ1n) is 7.39. The second kappa shape index (κ2) is 9.23. The summed E-state index contributed by atoms with van der Waals surface area (Å²) in [4.78, 5) is 6.68. The van der Waals surface area contributed by atoms with Gasteiger partial charge in [0, 0.05) is 26.7 Å². The Bertz CT molecular complexity index is 439. The van der Waals surface area contributed by atoms with E-state index in [2.05, 4.69) is 22.1 Å². The van der Waals surface area contributed by atoms with Gasteiger partial charge in [0.25, 0.3) is 0 Å². The Labute approximate surface area is 144 Å². The lowest BCUT2D eigenvalue weighted by Crippen LogP contribution is -2.45. The van der Waals surface area contributed by atoms with E-state index in [-0.39, 0.29) is 29.8 Å². The van der Waals surface area contributed by atoms with Gasteiger partial charge in [-0.3, -0.25) is 4.99 Å². The molecule has 1 heterocycles. The van der Waals surface area contributed by atoms with E-state index in [9.17, 15) is 4.39 Å². The zero-order chi connectivity index (χ0) is 14.4. The number of piperidine rings is 1. The Morgan fingerprint density at radius 1 is 1.29 bits per heavy atom. The van der Waals surface area contributed by atoms with Gasteiger partial charge >= 0.3 is 0 Å². The minimum atomic E-state index is -0.181. The molecule has 1 saturated heterocycles. The molecule has 0 radical (unpaired) electrons. The molecule has 118 valence electrons. The first-order valence-corrected chi connectivity index (χ1v) is 7.39. The van der Waals surface area contributed by atoms with Crippen molar-refractivity contribution in [1.82, 2.24) is 10.2 Å². The Kier molecular flexibility index (Phi) is 8.00. The maximum absolute atomic E-state index is 12.8. The summed E-state index contributed by atoms with van der Waals surface area (Å²) in [5, 5.41) is 3.40. The molecule has 0 aliphatic carbocycles. The zero-order valence-electron chi connectivity index (χ0n) is 12.8. The van der Waals surface area contributed by atoms with Gasteiger partial charge in [0.1, 0.15) is 5.82 Å². The van der Waals surface area contributed by atoms with Gasteiger partial charge in [0.2, 0.25) is 0 Å². The van der Waals surface area contributed by atoms with Gasteiger partial charge in [-0.1, -0.05) is 19.1 Å². The molecule has 3 nitrogen and oxygen atoms in total. The number of hydrogen-bond acceptors (Lipinski definition) is 1. The molecule has 0 aromatic heterocycles. The fourth-order valence-corrected chi connectivity index (χ4v) is 2.52. The topological polar surface area (TPSA) is 27.6 Å². The summed E-state index contributed by atoms with van der Waals surface area (Å²) in [5.41, 5.74) is 1.14. The van der Waals surface area contributed by atoms with Crippen molar-refractivity contribution in [2.45, 2.75) is 26.2 Å². The fourth-order valence-electron chi connectivity index (χ4n) is 2.52. The van der Waals surface area contributed by atoms with Crippen molar-refractivity contribution in [2.75, 3.05) is 26.7 Å². The van der Waals surface area contributed by atoms with Gasteiger partial charge in [-0.15, -0.1) is 24.0 Å². The van der Waals surface area contributed by atoms with Crippen LogP contribution in [-0.2, 0) is 6.42 Å². The van der Waals surface area contributed by atoms with Crippen LogP contribution in [0.3, 0.4) is 0 Å². The molecule has 21 heavy (non-hydrogen) atoms. The minimum absolute atomic E-state index is 0. The van der Waals surface area contributed by atoms with Crippen LogP contribution in [0.4, 0.5) is 4.39 Å². The Morgan fingerprint density at radius 3 is 2.48 bits per heavy atom. The van der Waals surface area contributed by atoms with E-state index in [0.29, 0.717) is 0 Å². The molecule has 0 bridgehead atoms. The highest BCUT2D eigenvalue weighted by molar-refractivity contribution is 14.0. The number of halogens is 2. The lowest BCUT2D eigenvalue weighted by atomic mass is 10.00. The second-order valence-corrected chi connectivity index (χ2v) is 5.52. The molecule has 1 aromatic carbocycles. The summed E-state index contributed by atoms with van der Waals surface area (Å²) in [6.45, 7) is 5.29. The van der Waals surface area contributed by atoms with Crippen LogP contribution in [0.1, 0.15) is 25.3 Å². The van der Waals surface area contributed by atoms with Gasteiger partial charge < -0.3 is 10.2 Å². The van der Waals surface area contributed by atoms with E-state index in [0.717, 1.165) is 43.5 Å². The number of nitrogens with one attached hydrogen (secondary N) is 1. The van der Waals surface area contributed by atoms with Gasteiger partial charge in [-0.25, -0.2) is 4.39 Å². The van der Waals surface area contributed by atoms with E-state index in [1.165, 1.54) is 25.0 Å². The van der Waals surface area contributed by atoms with Crippen molar-refractivity contribution < 1.29 is 4.39 Å². The van der Waals surface area contributed by atoms with Crippen LogP contribution in [0.25, 0.3) is 0 Å². The summed E-state index contributed by atoms with van der Waals surface area (Å²) in [7, 11) is 1.83. The molecule has 1 aromatic rings. The summed E-state index contributed by atoms with van der Waals surface area (Å²) >= 11 is 0. The molecule has 1 aliphatic heterocycles. The minimum Gasteiger partial charge on any atom is -0.356 e. The van der Waals surface area contributed by atoms with Crippen LogP contribution < -0.4 is 5.32 Å². The first-order chi connectivity index (χ1) is 9.69. The molecule has 0 atom stereocenters. The largest absolute Gasteiger partial charge is 0.356 e. The maximum Gasteiger partial charge on any atom is 0.193 e. The Morgan fingerprint density at radius 2 is 1.90 bits per heavy atom. The number of hydrogen-bond donors (Lipinski definition) is 1. The summed E-state index contributed by atoms with van der Waals surface area (Å²) in [6, 6.07) is 6.69. The molecule has 0 amide bonds. The molecule has 0 unspecified atom stereocenters. The van der Waals surface area contributed by atoms with Gasteiger partial charge in [0.05, 0.1) is 0 Å². The monoisotopic (exact) mass is 405 g/mol. The number of aliphatic imine (C=N–C) groups is 1. The standard InChI is InChI=1S/C16H24FN3.HI/c1-13-8-11-20(12-9-13)16(18-2)19-10-7-14-3-5-15(17)6-4-14;/h3-6,13H,7-12H2,1-2H3,(H,18,19);1H. The Balaban J connectivity index is 0.00000220. The van der Waals surface area contributed by atoms with E-state index >= 15 is 0 Å². The molecule has 0 spiro atoms. The van der Waals surface area contributed by atoms with E-state index in [4.69, 9.17) is 0 Å². The smallest absolute Gasteiger partial charge is 0.193 e. The van der Waals surface area contributed by atoms with E-state index < -0.39 is 0 Å². The highest BCUT2D eigenvalue weighted by Gasteiger charge is 2.18. The predicted octanol–water partition coefficient (Wildman–Crippen LogP) is 3.29. The highest BCUT2D eigenvalue weighted by Crippen LogP contribution is 2.15. The molecule has 2 rings (SSSR count). The van der Waals surface area contributed by atoms with Crippen LogP contribution in [-0.4, -0.2) is 37.5 Å². The molecule has 1 N–H and O–H groups in total. The number of benzene rings is 1. The third-order valence-corrected chi connectivity index (χ3v) is 3.91. The van der Waals surface area contributed by atoms with Crippen molar-refractivity contribution in [3.05, 3.63) is 35.6 Å². The van der Waals surface area contributed by atoms with Crippen molar-refractivity contribution >= 4 is 29.9 Å². The lowest BCUT2D eigenvalue weighted by Gasteiger charge is -2.32. The first kappa shape index (κ1) is 18.2. The fraction of sp³-hybridized carbons (Fsp3) is 0.562. The molecule has 1 aliphatic rings. The van der Waals surface area contributed by atoms with E-state index in [1.807, 2.05) is 19.2 Å². The van der Waals surface area contributed by atoms with Crippen molar-refractivity contribution in [1.29, 1.82) is 0 Å². The molecule has 0 saturated carbocycles. The SMILES string of the molecule is CN=C(NCCc1ccc(F)cc1)N1CCC(C)CC1.I. The Hall–Kier alpha value is -0.850. The second-order valence-electron chi connectivity index (χ2n) is 5.52. The third-order valence-electron chi connectivity index (χ3n) is 3.91. The number of guanidine groups is 1. The van der Waals surface area contributed by atoms with Crippen molar-refractivity contribution in [3.63, 3.8) is 0 Å². The lowest BCUT2D eigenvalue weighted by molar-refractivity contribution is 0.273. The van der Waals surface area contributed by atoms with Gasteiger partial charge in [-0.2, -0.15) is 0 Å².